The monoisotopic (exact) mass is 310 g/mol. The first-order valence-corrected chi connectivity index (χ1v) is 8.87. The topological polar surface area (TPSA) is 66.5 Å². The number of sulfone groups is 1. The van der Waals surface area contributed by atoms with Crippen LogP contribution >= 0.6 is 0 Å². The maximum absolute atomic E-state index is 12.5. The second kappa shape index (κ2) is 6.15. The molecule has 1 saturated heterocycles. The average molecular weight is 310 g/mol. The molecule has 1 N–H and O–H groups in total. The molecular weight excluding hydrogens is 288 g/mol. The zero-order valence-corrected chi connectivity index (χ0v) is 13.5. The maximum atomic E-state index is 12.5. The van der Waals surface area contributed by atoms with Crippen LogP contribution in [0.15, 0.2) is 29.2 Å². The van der Waals surface area contributed by atoms with Crippen LogP contribution in [-0.2, 0) is 9.84 Å². The summed E-state index contributed by atoms with van der Waals surface area (Å²) in [5.74, 6) is 0.0169. The van der Waals surface area contributed by atoms with Crippen molar-refractivity contribution >= 4 is 15.7 Å². The van der Waals surface area contributed by atoms with Gasteiger partial charge in [-0.2, -0.15) is 0 Å². The van der Waals surface area contributed by atoms with Gasteiger partial charge >= 0.3 is 0 Å². The van der Waals surface area contributed by atoms with Crippen LogP contribution in [0.25, 0.3) is 0 Å². The summed E-state index contributed by atoms with van der Waals surface area (Å²) in [6.45, 7) is 7.04. The van der Waals surface area contributed by atoms with Crippen molar-refractivity contribution in [3.05, 3.63) is 29.8 Å². The lowest BCUT2D eigenvalue weighted by atomic mass is 10.1. The number of nitrogens with zero attached hydrogens (tertiary/aromatic N) is 1. The van der Waals surface area contributed by atoms with E-state index in [1.54, 1.807) is 19.1 Å². The van der Waals surface area contributed by atoms with Gasteiger partial charge in [-0.05, 0) is 38.1 Å². The number of carbonyl (C=O) groups is 1. The molecule has 116 valence electrons. The van der Waals surface area contributed by atoms with Crippen LogP contribution in [0.5, 0.6) is 0 Å². The van der Waals surface area contributed by atoms with E-state index in [0.29, 0.717) is 18.7 Å². The predicted octanol–water partition coefficient (Wildman–Crippen LogP) is 1.30. The van der Waals surface area contributed by atoms with Gasteiger partial charge in [-0.1, -0.05) is 6.92 Å². The summed E-state index contributed by atoms with van der Waals surface area (Å²) >= 11 is 0. The lowest BCUT2D eigenvalue weighted by Gasteiger charge is -2.36. The van der Waals surface area contributed by atoms with Crippen molar-refractivity contribution in [1.29, 1.82) is 0 Å². The zero-order chi connectivity index (χ0) is 15.6. The Labute approximate surface area is 126 Å². The van der Waals surface area contributed by atoms with Gasteiger partial charge in [0, 0.05) is 30.7 Å². The van der Waals surface area contributed by atoms with Crippen molar-refractivity contribution in [1.82, 2.24) is 10.2 Å². The van der Waals surface area contributed by atoms with Gasteiger partial charge in [0.25, 0.3) is 5.91 Å². The highest BCUT2D eigenvalue weighted by Crippen LogP contribution is 2.15. The Bertz CT molecular complexity index is 600. The third-order valence-corrected chi connectivity index (χ3v) is 5.44. The number of hydrogen-bond acceptors (Lipinski definition) is 4. The minimum atomic E-state index is -3.22. The van der Waals surface area contributed by atoms with Gasteiger partial charge in [-0.25, -0.2) is 8.42 Å². The molecule has 1 amide bonds. The van der Waals surface area contributed by atoms with Crippen molar-refractivity contribution in [2.24, 2.45) is 0 Å². The molecule has 1 fully saturated rings. The van der Waals surface area contributed by atoms with E-state index in [4.69, 9.17) is 0 Å². The Kier molecular flexibility index (Phi) is 4.68. The molecule has 1 aromatic carbocycles. The molecule has 0 unspecified atom stereocenters. The van der Waals surface area contributed by atoms with Crippen molar-refractivity contribution in [3.8, 4) is 0 Å². The normalized spacial score (nSPS) is 23.1. The van der Waals surface area contributed by atoms with Crippen LogP contribution < -0.4 is 5.32 Å². The Morgan fingerprint density at radius 1 is 1.19 bits per heavy atom. The number of nitrogens with one attached hydrogen (secondary N) is 1. The first-order chi connectivity index (χ1) is 9.83. The first kappa shape index (κ1) is 16.0. The van der Waals surface area contributed by atoms with E-state index in [1.165, 1.54) is 12.1 Å². The minimum Gasteiger partial charge on any atom is -0.336 e. The highest BCUT2D eigenvalue weighted by Gasteiger charge is 2.25. The van der Waals surface area contributed by atoms with Crippen LogP contribution in [0.3, 0.4) is 0 Å². The van der Waals surface area contributed by atoms with Gasteiger partial charge in [0.2, 0.25) is 0 Å². The molecule has 0 aromatic heterocycles. The molecule has 6 heteroatoms. The average Bonchev–Trinajstić information content (AvgIpc) is 2.45. The largest absolute Gasteiger partial charge is 0.336 e. The Hall–Kier alpha value is -1.40. The number of piperazine rings is 1. The predicted molar refractivity (Wildman–Crippen MR) is 82.1 cm³/mol. The molecule has 0 aliphatic carbocycles. The van der Waals surface area contributed by atoms with E-state index >= 15 is 0 Å². The summed E-state index contributed by atoms with van der Waals surface area (Å²) in [5.41, 5.74) is 0.534. The fourth-order valence-corrected chi connectivity index (χ4v) is 3.53. The lowest BCUT2D eigenvalue weighted by molar-refractivity contribution is 0.0673. The van der Waals surface area contributed by atoms with E-state index in [1.807, 2.05) is 18.7 Å². The van der Waals surface area contributed by atoms with Crippen molar-refractivity contribution < 1.29 is 13.2 Å². The molecule has 0 radical (unpaired) electrons. The second-order valence-electron chi connectivity index (χ2n) is 5.61. The van der Waals surface area contributed by atoms with Gasteiger partial charge in [0.15, 0.2) is 9.84 Å². The standard InChI is InChI=1S/C15H22N2O3S/c1-4-21(19,20)14-7-5-13(6-8-14)15(18)17-9-11(2)16-12(3)10-17/h5-8,11-12,16H,4,9-10H2,1-3H3/t11-,12+. The van der Waals surface area contributed by atoms with E-state index < -0.39 is 9.84 Å². The highest BCUT2D eigenvalue weighted by atomic mass is 32.2. The SMILES string of the molecule is CCS(=O)(=O)c1ccc(C(=O)N2C[C@@H](C)N[C@@H](C)C2)cc1. The maximum Gasteiger partial charge on any atom is 0.253 e. The molecule has 0 bridgehead atoms. The number of hydrogen-bond donors (Lipinski definition) is 1. The molecule has 2 atom stereocenters. The van der Waals surface area contributed by atoms with Crippen molar-refractivity contribution in [3.63, 3.8) is 0 Å². The molecule has 0 spiro atoms. The quantitative estimate of drug-likeness (QED) is 0.914. The van der Waals surface area contributed by atoms with Gasteiger partial charge in [-0.15, -0.1) is 0 Å². The van der Waals surface area contributed by atoms with Gasteiger partial charge < -0.3 is 10.2 Å². The summed E-state index contributed by atoms with van der Waals surface area (Å²) in [7, 11) is -3.22. The second-order valence-corrected chi connectivity index (χ2v) is 7.88. The van der Waals surface area contributed by atoms with Crippen molar-refractivity contribution in [2.75, 3.05) is 18.8 Å². The molecule has 1 aliphatic rings. The number of carbonyl (C=O) groups excluding carboxylic acids is 1. The van der Waals surface area contributed by atoms with Gasteiger partial charge in [0.1, 0.15) is 0 Å². The minimum absolute atomic E-state index is 0.0457. The van der Waals surface area contributed by atoms with Crippen molar-refractivity contribution in [2.45, 2.75) is 37.8 Å². The Morgan fingerprint density at radius 3 is 2.19 bits per heavy atom. The lowest BCUT2D eigenvalue weighted by Crippen LogP contribution is -2.55. The van der Waals surface area contributed by atoms with Crippen LogP contribution in [0.2, 0.25) is 0 Å². The molecule has 21 heavy (non-hydrogen) atoms. The van der Waals surface area contributed by atoms with E-state index in [0.717, 1.165) is 0 Å². The first-order valence-electron chi connectivity index (χ1n) is 7.21. The fourth-order valence-electron chi connectivity index (χ4n) is 2.65. The number of benzene rings is 1. The zero-order valence-electron chi connectivity index (χ0n) is 12.7. The summed E-state index contributed by atoms with van der Waals surface area (Å²) in [6.07, 6.45) is 0. The molecule has 1 heterocycles. The van der Waals surface area contributed by atoms with E-state index in [9.17, 15) is 13.2 Å². The summed E-state index contributed by atoms with van der Waals surface area (Å²) in [5, 5.41) is 3.38. The smallest absolute Gasteiger partial charge is 0.253 e. The summed E-state index contributed by atoms with van der Waals surface area (Å²) in [6, 6.07) is 6.75. The summed E-state index contributed by atoms with van der Waals surface area (Å²) < 4.78 is 23.5. The third kappa shape index (κ3) is 3.63. The van der Waals surface area contributed by atoms with Crippen LogP contribution in [0.4, 0.5) is 0 Å². The molecular formula is C15H22N2O3S. The van der Waals surface area contributed by atoms with Gasteiger partial charge in [0.05, 0.1) is 10.6 Å². The van der Waals surface area contributed by atoms with E-state index in [2.05, 4.69) is 5.32 Å². The van der Waals surface area contributed by atoms with Crippen LogP contribution in [0.1, 0.15) is 31.1 Å². The molecule has 1 aromatic rings. The van der Waals surface area contributed by atoms with Crippen LogP contribution in [0, 0.1) is 0 Å². The number of rotatable bonds is 3. The fraction of sp³-hybridized carbons (Fsp3) is 0.533. The Morgan fingerprint density at radius 2 is 1.71 bits per heavy atom. The summed E-state index contributed by atoms with van der Waals surface area (Å²) in [4.78, 5) is 14.6. The molecule has 5 nitrogen and oxygen atoms in total. The number of amides is 1. The molecule has 1 aliphatic heterocycles. The van der Waals surface area contributed by atoms with E-state index in [-0.39, 0.29) is 28.6 Å². The van der Waals surface area contributed by atoms with Crippen LogP contribution in [-0.4, -0.2) is 50.2 Å². The Balaban J connectivity index is 2.17. The highest BCUT2D eigenvalue weighted by molar-refractivity contribution is 7.91. The third-order valence-electron chi connectivity index (χ3n) is 3.69. The molecule has 2 rings (SSSR count). The van der Waals surface area contributed by atoms with Gasteiger partial charge in [-0.3, -0.25) is 4.79 Å². The molecule has 0 saturated carbocycles.